The van der Waals surface area contributed by atoms with Crippen LogP contribution in [0.25, 0.3) is 22.3 Å². The first-order valence-electron chi connectivity index (χ1n) is 6.00. The van der Waals surface area contributed by atoms with Gasteiger partial charge in [0.1, 0.15) is 6.61 Å². The maximum absolute atomic E-state index is 5.10. The van der Waals surface area contributed by atoms with Crippen LogP contribution in [0.4, 0.5) is 0 Å². The summed E-state index contributed by atoms with van der Waals surface area (Å²) in [5.74, 6) is 1.51. The molecule has 0 radical (unpaired) electrons. The molecule has 1 aromatic carbocycles. The van der Waals surface area contributed by atoms with Gasteiger partial charge >= 0.3 is 0 Å². The largest absolute Gasteiger partial charge is 0.377 e. The van der Waals surface area contributed by atoms with E-state index in [9.17, 15) is 0 Å². The molecule has 0 aliphatic rings. The van der Waals surface area contributed by atoms with Gasteiger partial charge in [-0.1, -0.05) is 12.1 Å². The molecule has 0 atom stereocenters. The third kappa shape index (κ3) is 2.00. The number of rotatable bonds is 3. The number of aromatic nitrogens is 5. The molecule has 2 heterocycles. The number of fused-ring (bicyclic) bond motifs is 1. The molecule has 0 amide bonds. The SMILES string of the molecule is COCc1nc(-c2ccc3cnn(C)c3c2)nn1C. The van der Waals surface area contributed by atoms with Gasteiger partial charge in [0.2, 0.25) is 0 Å². The van der Waals surface area contributed by atoms with E-state index >= 15 is 0 Å². The molecule has 0 N–H and O–H groups in total. The quantitative estimate of drug-likeness (QED) is 0.713. The number of benzene rings is 1. The standard InChI is InChI=1S/C13H15N5O/c1-17-11-6-9(4-5-10(11)7-14-17)13-15-12(8-19-3)18(2)16-13/h4-7H,8H2,1-3H3. The van der Waals surface area contributed by atoms with Gasteiger partial charge in [0.15, 0.2) is 11.6 Å². The molecule has 2 aromatic heterocycles. The Hall–Kier alpha value is -2.21. The molecule has 0 unspecified atom stereocenters. The minimum atomic E-state index is 0.456. The second-order valence-electron chi connectivity index (χ2n) is 4.45. The molecule has 98 valence electrons. The zero-order valence-electron chi connectivity index (χ0n) is 11.2. The fourth-order valence-electron chi connectivity index (χ4n) is 2.08. The van der Waals surface area contributed by atoms with Gasteiger partial charge in [0.05, 0.1) is 11.7 Å². The Morgan fingerprint density at radius 3 is 2.84 bits per heavy atom. The van der Waals surface area contributed by atoms with Gasteiger partial charge in [-0.2, -0.15) is 10.2 Å². The average molecular weight is 257 g/mol. The van der Waals surface area contributed by atoms with Crippen molar-refractivity contribution in [2.75, 3.05) is 7.11 Å². The van der Waals surface area contributed by atoms with Crippen LogP contribution in [0.3, 0.4) is 0 Å². The van der Waals surface area contributed by atoms with E-state index in [2.05, 4.69) is 15.2 Å². The predicted molar refractivity (Wildman–Crippen MR) is 71.4 cm³/mol. The molecule has 0 bridgehead atoms. The Morgan fingerprint density at radius 1 is 1.21 bits per heavy atom. The van der Waals surface area contributed by atoms with E-state index in [0.29, 0.717) is 12.4 Å². The van der Waals surface area contributed by atoms with Crippen LogP contribution in [0.2, 0.25) is 0 Å². The summed E-state index contributed by atoms with van der Waals surface area (Å²) in [4.78, 5) is 4.49. The van der Waals surface area contributed by atoms with Crippen LogP contribution in [0.5, 0.6) is 0 Å². The molecular weight excluding hydrogens is 242 g/mol. The number of hydrogen-bond acceptors (Lipinski definition) is 4. The fraction of sp³-hybridized carbons (Fsp3) is 0.308. The van der Waals surface area contributed by atoms with E-state index in [1.165, 1.54) is 0 Å². The summed E-state index contributed by atoms with van der Waals surface area (Å²) in [5, 5.41) is 9.76. The molecule has 6 nitrogen and oxygen atoms in total. The Labute approximate surface area is 110 Å². The van der Waals surface area contributed by atoms with Crippen LogP contribution in [0, 0.1) is 0 Å². The number of hydrogen-bond donors (Lipinski definition) is 0. The highest BCUT2D eigenvalue weighted by molar-refractivity contribution is 5.83. The molecule has 6 heteroatoms. The van der Waals surface area contributed by atoms with Gasteiger partial charge in [0.25, 0.3) is 0 Å². The van der Waals surface area contributed by atoms with Gasteiger partial charge in [-0.3, -0.25) is 9.36 Å². The number of ether oxygens (including phenoxy) is 1. The van der Waals surface area contributed by atoms with E-state index in [4.69, 9.17) is 4.74 Å². The summed E-state index contributed by atoms with van der Waals surface area (Å²) < 4.78 is 8.68. The smallest absolute Gasteiger partial charge is 0.181 e. The second kappa shape index (κ2) is 4.47. The monoisotopic (exact) mass is 257 g/mol. The first-order chi connectivity index (χ1) is 9.19. The molecule has 3 rings (SSSR count). The zero-order chi connectivity index (χ0) is 13.4. The van der Waals surface area contributed by atoms with Crippen LogP contribution in [0.15, 0.2) is 24.4 Å². The Kier molecular flexibility index (Phi) is 2.79. The molecule has 3 aromatic rings. The summed E-state index contributed by atoms with van der Waals surface area (Å²) in [7, 11) is 5.44. The summed E-state index contributed by atoms with van der Waals surface area (Å²) in [6.07, 6.45) is 1.85. The molecule has 19 heavy (non-hydrogen) atoms. The molecule has 0 spiro atoms. The number of nitrogens with zero attached hydrogens (tertiary/aromatic N) is 5. The van der Waals surface area contributed by atoms with Crippen LogP contribution < -0.4 is 0 Å². The average Bonchev–Trinajstić information content (AvgIpc) is 2.95. The van der Waals surface area contributed by atoms with Crippen LogP contribution in [-0.2, 0) is 25.4 Å². The van der Waals surface area contributed by atoms with Gasteiger partial charge in [-0.25, -0.2) is 4.98 Å². The Morgan fingerprint density at radius 2 is 2.05 bits per heavy atom. The highest BCUT2D eigenvalue weighted by Gasteiger charge is 2.10. The first kappa shape index (κ1) is 11.9. The Bertz CT molecular complexity index is 728. The molecule has 0 fully saturated rings. The summed E-state index contributed by atoms with van der Waals surface area (Å²) in [6, 6.07) is 6.09. The van der Waals surface area contributed by atoms with Gasteiger partial charge in [0, 0.05) is 32.2 Å². The fourth-order valence-corrected chi connectivity index (χ4v) is 2.08. The van der Waals surface area contributed by atoms with Crippen LogP contribution in [-0.4, -0.2) is 31.7 Å². The van der Waals surface area contributed by atoms with E-state index in [1.807, 2.05) is 43.2 Å². The topological polar surface area (TPSA) is 57.8 Å². The van der Waals surface area contributed by atoms with E-state index in [-0.39, 0.29) is 0 Å². The molecule has 0 saturated heterocycles. The highest BCUT2D eigenvalue weighted by atomic mass is 16.5. The summed E-state index contributed by atoms with van der Waals surface area (Å²) in [5.41, 5.74) is 2.05. The van der Waals surface area contributed by atoms with Crippen molar-refractivity contribution in [3.8, 4) is 11.4 Å². The van der Waals surface area contributed by atoms with Crippen molar-refractivity contribution in [3.05, 3.63) is 30.2 Å². The van der Waals surface area contributed by atoms with Gasteiger partial charge in [-0.15, -0.1) is 0 Å². The van der Waals surface area contributed by atoms with E-state index in [0.717, 1.165) is 22.3 Å². The van der Waals surface area contributed by atoms with Crippen molar-refractivity contribution in [1.82, 2.24) is 24.5 Å². The van der Waals surface area contributed by atoms with Gasteiger partial charge in [-0.05, 0) is 6.07 Å². The maximum atomic E-state index is 5.10. The molecule has 0 aliphatic heterocycles. The van der Waals surface area contributed by atoms with Gasteiger partial charge < -0.3 is 4.74 Å². The third-order valence-corrected chi connectivity index (χ3v) is 3.13. The second-order valence-corrected chi connectivity index (χ2v) is 4.45. The lowest BCUT2D eigenvalue weighted by Crippen LogP contribution is -2.00. The zero-order valence-corrected chi connectivity index (χ0v) is 11.2. The molecule has 0 saturated carbocycles. The van der Waals surface area contributed by atoms with Crippen molar-refractivity contribution in [2.45, 2.75) is 6.61 Å². The first-order valence-corrected chi connectivity index (χ1v) is 6.00. The molecular formula is C13H15N5O. The molecule has 0 aliphatic carbocycles. The normalized spacial score (nSPS) is 11.3. The Balaban J connectivity index is 2.08. The lowest BCUT2D eigenvalue weighted by molar-refractivity contribution is 0.174. The van der Waals surface area contributed by atoms with Crippen LogP contribution in [0.1, 0.15) is 5.82 Å². The lowest BCUT2D eigenvalue weighted by Gasteiger charge is -1.97. The van der Waals surface area contributed by atoms with Crippen molar-refractivity contribution in [1.29, 1.82) is 0 Å². The van der Waals surface area contributed by atoms with Crippen molar-refractivity contribution in [2.24, 2.45) is 14.1 Å². The summed E-state index contributed by atoms with van der Waals surface area (Å²) >= 11 is 0. The third-order valence-electron chi connectivity index (χ3n) is 3.13. The van der Waals surface area contributed by atoms with Crippen LogP contribution >= 0.6 is 0 Å². The minimum absolute atomic E-state index is 0.456. The van der Waals surface area contributed by atoms with Crippen molar-refractivity contribution >= 4 is 10.9 Å². The van der Waals surface area contributed by atoms with Crippen molar-refractivity contribution in [3.63, 3.8) is 0 Å². The van der Waals surface area contributed by atoms with E-state index in [1.54, 1.807) is 11.8 Å². The van der Waals surface area contributed by atoms with Crippen molar-refractivity contribution < 1.29 is 4.74 Å². The highest BCUT2D eigenvalue weighted by Crippen LogP contribution is 2.21. The minimum Gasteiger partial charge on any atom is -0.377 e. The van der Waals surface area contributed by atoms with E-state index < -0.39 is 0 Å². The number of methoxy groups -OCH3 is 1. The summed E-state index contributed by atoms with van der Waals surface area (Å²) in [6.45, 7) is 0.456. The predicted octanol–water partition coefficient (Wildman–Crippen LogP) is 1.52. The lowest BCUT2D eigenvalue weighted by atomic mass is 10.1. The number of aryl methyl sites for hydroxylation is 2. The maximum Gasteiger partial charge on any atom is 0.181 e.